The second-order valence-electron chi connectivity index (χ2n) is 5.64. The lowest BCUT2D eigenvalue weighted by atomic mass is 9.93. The highest BCUT2D eigenvalue weighted by atomic mass is 35.5. The van der Waals surface area contributed by atoms with Crippen LogP contribution < -0.4 is 5.32 Å². The van der Waals surface area contributed by atoms with Crippen molar-refractivity contribution in [2.45, 2.75) is 19.4 Å². The summed E-state index contributed by atoms with van der Waals surface area (Å²) in [5, 5.41) is 2.74. The molecule has 0 spiro atoms. The summed E-state index contributed by atoms with van der Waals surface area (Å²) < 4.78 is 19.1. The zero-order chi connectivity index (χ0) is 16.3. The smallest absolute Gasteiger partial charge is 0.249 e. The number of nitrogens with one attached hydrogen (secondary N) is 1. The lowest BCUT2D eigenvalue weighted by Gasteiger charge is -2.31. The molecule has 0 bridgehead atoms. The third-order valence-electron chi connectivity index (χ3n) is 3.50. The molecule has 1 heterocycles. The van der Waals surface area contributed by atoms with Crippen molar-refractivity contribution >= 4 is 23.4 Å². The van der Waals surface area contributed by atoms with Crippen LogP contribution in [0.15, 0.2) is 18.2 Å². The molecule has 0 atom stereocenters. The summed E-state index contributed by atoms with van der Waals surface area (Å²) >= 11 is 5.78. The standard InChI is InChI=1S/C15H18ClFN2O3/c1-15(2,10-4-3-5-11(16)14(10)17)18-12(20)8-19-6-7-22-9-13(19)21/h3-5H,6-9H2,1-2H3,(H,18,20). The van der Waals surface area contributed by atoms with E-state index in [-0.39, 0.29) is 30.0 Å². The van der Waals surface area contributed by atoms with Crippen molar-refractivity contribution in [3.63, 3.8) is 0 Å². The Bertz CT molecular complexity index is 592. The molecule has 7 heteroatoms. The van der Waals surface area contributed by atoms with Gasteiger partial charge in [-0.1, -0.05) is 23.7 Å². The first-order valence-electron chi connectivity index (χ1n) is 6.92. The van der Waals surface area contributed by atoms with Crippen LogP contribution in [0.2, 0.25) is 5.02 Å². The van der Waals surface area contributed by atoms with Crippen molar-refractivity contribution in [2.24, 2.45) is 0 Å². The van der Waals surface area contributed by atoms with E-state index in [1.54, 1.807) is 26.0 Å². The highest BCUT2D eigenvalue weighted by Gasteiger charge is 2.29. The lowest BCUT2D eigenvalue weighted by Crippen LogP contribution is -2.50. The highest BCUT2D eigenvalue weighted by molar-refractivity contribution is 6.30. The maximum absolute atomic E-state index is 14.1. The van der Waals surface area contributed by atoms with E-state index in [0.717, 1.165) is 0 Å². The molecule has 1 aliphatic rings. The monoisotopic (exact) mass is 328 g/mol. The minimum atomic E-state index is -0.943. The second-order valence-corrected chi connectivity index (χ2v) is 6.05. The van der Waals surface area contributed by atoms with Gasteiger partial charge in [-0.2, -0.15) is 0 Å². The molecule has 2 rings (SSSR count). The summed E-state index contributed by atoms with van der Waals surface area (Å²) in [6, 6.07) is 4.65. The molecule has 22 heavy (non-hydrogen) atoms. The van der Waals surface area contributed by atoms with Crippen LogP contribution in [0.1, 0.15) is 19.4 Å². The Labute approximate surface area is 133 Å². The Kier molecular flexibility index (Phi) is 5.03. The van der Waals surface area contributed by atoms with Gasteiger partial charge in [-0.25, -0.2) is 4.39 Å². The summed E-state index contributed by atoms with van der Waals surface area (Å²) in [5.74, 6) is -1.15. The number of carbonyl (C=O) groups is 2. The van der Waals surface area contributed by atoms with Gasteiger partial charge in [0, 0.05) is 12.1 Å². The lowest BCUT2D eigenvalue weighted by molar-refractivity contribution is -0.146. The maximum Gasteiger partial charge on any atom is 0.249 e. The molecule has 1 saturated heterocycles. The predicted octanol–water partition coefficient (Wildman–Crippen LogP) is 1.69. The zero-order valence-electron chi connectivity index (χ0n) is 12.5. The van der Waals surface area contributed by atoms with Crippen LogP contribution >= 0.6 is 11.6 Å². The van der Waals surface area contributed by atoms with Gasteiger partial charge in [0.1, 0.15) is 12.4 Å². The van der Waals surface area contributed by atoms with Crippen molar-refractivity contribution in [2.75, 3.05) is 26.3 Å². The van der Waals surface area contributed by atoms with Gasteiger partial charge >= 0.3 is 0 Å². The molecule has 1 aromatic rings. The van der Waals surface area contributed by atoms with Crippen molar-refractivity contribution in [3.05, 3.63) is 34.6 Å². The summed E-state index contributed by atoms with van der Waals surface area (Å²) in [4.78, 5) is 25.2. The second kappa shape index (κ2) is 6.62. The molecule has 0 saturated carbocycles. The third-order valence-corrected chi connectivity index (χ3v) is 3.79. The Morgan fingerprint density at radius 1 is 1.50 bits per heavy atom. The number of nitrogens with zero attached hydrogens (tertiary/aromatic N) is 1. The largest absolute Gasteiger partial charge is 0.370 e. The first kappa shape index (κ1) is 16.7. The molecule has 0 radical (unpaired) electrons. The van der Waals surface area contributed by atoms with E-state index in [2.05, 4.69) is 5.32 Å². The topological polar surface area (TPSA) is 58.6 Å². The first-order chi connectivity index (χ1) is 10.3. The average molecular weight is 329 g/mol. The number of halogens is 2. The molecular formula is C15H18ClFN2O3. The fraction of sp³-hybridized carbons (Fsp3) is 0.467. The molecule has 5 nitrogen and oxygen atoms in total. The van der Waals surface area contributed by atoms with Gasteiger partial charge in [0.25, 0.3) is 0 Å². The minimum Gasteiger partial charge on any atom is -0.370 e. The number of rotatable bonds is 4. The van der Waals surface area contributed by atoms with Gasteiger partial charge in [0.2, 0.25) is 11.8 Å². The van der Waals surface area contributed by atoms with Gasteiger partial charge in [-0.15, -0.1) is 0 Å². The fourth-order valence-electron chi connectivity index (χ4n) is 2.33. The molecule has 1 aromatic carbocycles. The summed E-state index contributed by atoms with van der Waals surface area (Å²) in [5.41, 5.74) is -0.650. The van der Waals surface area contributed by atoms with Crippen LogP contribution in [0, 0.1) is 5.82 Å². The van der Waals surface area contributed by atoms with Crippen molar-refractivity contribution in [1.82, 2.24) is 10.2 Å². The van der Waals surface area contributed by atoms with Crippen molar-refractivity contribution in [3.8, 4) is 0 Å². The van der Waals surface area contributed by atoms with Crippen molar-refractivity contribution in [1.29, 1.82) is 0 Å². The molecule has 0 unspecified atom stereocenters. The first-order valence-corrected chi connectivity index (χ1v) is 7.30. The molecule has 1 fully saturated rings. The predicted molar refractivity (Wildman–Crippen MR) is 80.0 cm³/mol. The maximum atomic E-state index is 14.1. The van der Waals surface area contributed by atoms with Crippen LogP contribution in [0.4, 0.5) is 4.39 Å². The van der Waals surface area contributed by atoms with E-state index in [1.807, 2.05) is 0 Å². The minimum absolute atomic E-state index is 0.00295. The van der Waals surface area contributed by atoms with E-state index in [1.165, 1.54) is 11.0 Å². The number of benzene rings is 1. The van der Waals surface area contributed by atoms with Gasteiger partial charge in [-0.05, 0) is 19.9 Å². The molecule has 120 valence electrons. The van der Waals surface area contributed by atoms with E-state index < -0.39 is 11.4 Å². The van der Waals surface area contributed by atoms with Crippen LogP contribution in [-0.2, 0) is 19.9 Å². The number of ether oxygens (including phenoxy) is 1. The van der Waals surface area contributed by atoms with Gasteiger partial charge in [0.15, 0.2) is 0 Å². The number of hydrogen-bond acceptors (Lipinski definition) is 3. The molecule has 1 N–H and O–H groups in total. The van der Waals surface area contributed by atoms with Crippen LogP contribution in [0.3, 0.4) is 0 Å². The highest BCUT2D eigenvalue weighted by Crippen LogP contribution is 2.27. The number of morpholine rings is 1. The summed E-state index contributed by atoms with van der Waals surface area (Å²) in [6.45, 7) is 4.05. The number of amides is 2. The van der Waals surface area contributed by atoms with Gasteiger partial charge < -0.3 is 15.0 Å². The van der Waals surface area contributed by atoms with E-state index in [4.69, 9.17) is 16.3 Å². The van der Waals surface area contributed by atoms with E-state index in [9.17, 15) is 14.0 Å². The number of hydrogen-bond donors (Lipinski definition) is 1. The van der Waals surface area contributed by atoms with Gasteiger partial charge in [0.05, 0.1) is 23.7 Å². The quantitative estimate of drug-likeness (QED) is 0.915. The fourth-order valence-corrected chi connectivity index (χ4v) is 2.51. The Morgan fingerprint density at radius 3 is 2.91 bits per heavy atom. The average Bonchev–Trinajstić information content (AvgIpc) is 2.43. The molecular weight excluding hydrogens is 311 g/mol. The van der Waals surface area contributed by atoms with Crippen LogP contribution in [-0.4, -0.2) is 43.0 Å². The summed E-state index contributed by atoms with van der Waals surface area (Å²) in [7, 11) is 0. The third kappa shape index (κ3) is 3.75. The van der Waals surface area contributed by atoms with E-state index in [0.29, 0.717) is 18.7 Å². The van der Waals surface area contributed by atoms with Gasteiger partial charge in [-0.3, -0.25) is 9.59 Å². The Hall–Kier alpha value is -1.66. The van der Waals surface area contributed by atoms with Crippen LogP contribution in [0.5, 0.6) is 0 Å². The Balaban J connectivity index is 2.06. The molecule has 2 amide bonds. The van der Waals surface area contributed by atoms with Crippen LogP contribution in [0.25, 0.3) is 0 Å². The number of carbonyl (C=O) groups excluding carboxylic acids is 2. The molecule has 0 aliphatic carbocycles. The SMILES string of the molecule is CC(C)(NC(=O)CN1CCOCC1=O)c1cccc(Cl)c1F. The zero-order valence-corrected chi connectivity index (χ0v) is 13.2. The van der Waals surface area contributed by atoms with Crippen molar-refractivity contribution < 1.29 is 18.7 Å². The molecule has 1 aliphatic heterocycles. The molecule has 0 aromatic heterocycles. The normalized spacial score (nSPS) is 15.8. The summed E-state index contributed by atoms with van der Waals surface area (Å²) in [6.07, 6.45) is 0. The van der Waals surface area contributed by atoms with E-state index >= 15 is 0 Å². The Morgan fingerprint density at radius 2 is 2.23 bits per heavy atom.